The molecule has 0 unspecified atom stereocenters. The Morgan fingerprint density at radius 2 is 1.90 bits per heavy atom. The first-order valence-corrected chi connectivity index (χ1v) is 9.39. The van der Waals surface area contributed by atoms with Crippen LogP contribution in [0.25, 0.3) is 22.0 Å². The van der Waals surface area contributed by atoms with Crippen molar-refractivity contribution in [3.63, 3.8) is 0 Å². The molecule has 1 aromatic carbocycles. The molecule has 2 aromatic heterocycles. The van der Waals surface area contributed by atoms with E-state index in [-0.39, 0.29) is 17.3 Å². The predicted octanol–water partition coefficient (Wildman–Crippen LogP) is 4.27. The zero-order chi connectivity index (χ0) is 21.5. The number of nitrogens with zero attached hydrogens (tertiary/aromatic N) is 3. The van der Waals surface area contributed by atoms with Crippen LogP contribution in [0, 0.1) is 5.82 Å². The van der Waals surface area contributed by atoms with Crippen molar-refractivity contribution in [1.29, 1.82) is 0 Å². The summed E-state index contributed by atoms with van der Waals surface area (Å²) < 4.78 is 52.8. The number of phenols is 1. The van der Waals surface area contributed by atoms with Gasteiger partial charge in [0.05, 0.1) is 11.7 Å². The van der Waals surface area contributed by atoms with Gasteiger partial charge in [0.25, 0.3) is 0 Å². The molecule has 3 aromatic rings. The minimum absolute atomic E-state index is 0.0192. The summed E-state index contributed by atoms with van der Waals surface area (Å²) in [7, 11) is 0. The van der Waals surface area contributed by atoms with Gasteiger partial charge in [-0.3, -0.25) is 4.98 Å². The van der Waals surface area contributed by atoms with Crippen molar-refractivity contribution in [2.75, 3.05) is 5.32 Å². The van der Waals surface area contributed by atoms with Crippen LogP contribution in [0.2, 0.25) is 0 Å². The molecule has 10 heteroatoms. The molecule has 0 radical (unpaired) electrons. The quantitative estimate of drug-likeness (QED) is 0.546. The zero-order valence-electron chi connectivity index (χ0n) is 15.6. The monoisotopic (exact) mass is 422 g/mol. The number of fused-ring (bicyclic) bond motifs is 1. The molecule has 0 saturated heterocycles. The van der Waals surface area contributed by atoms with Gasteiger partial charge in [0, 0.05) is 34.8 Å². The molecule has 4 rings (SSSR count). The van der Waals surface area contributed by atoms with Gasteiger partial charge >= 0.3 is 6.18 Å². The predicted molar refractivity (Wildman–Crippen MR) is 101 cm³/mol. The van der Waals surface area contributed by atoms with Gasteiger partial charge in [0.1, 0.15) is 17.3 Å². The lowest BCUT2D eigenvalue weighted by Gasteiger charge is -2.27. The van der Waals surface area contributed by atoms with Crippen molar-refractivity contribution >= 4 is 16.6 Å². The van der Waals surface area contributed by atoms with Crippen LogP contribution in [-0.2, 0) is 6.18 Å². The Bertz CT molecular complexity index is 1090. The standard InChI is InChI=1S/C20H18F4N4O2/c21-16-7-13(17(30)8-15(16)20(22,23)24)18-12-4-5-25-9-14(12)19(28-27-18)26-10-2-1-3-11(29)6-10/h4-5,7-11,29-30H,1-3,6H2,(H,26,28)/t10-,11-/m0/s1. The first-order chi connectivity index (χ1) is 14.2. The topological polar surface area (TPSA) is 91.2 Å². The number of aromatic hydroxyl groups is 1. The maximum atomic E-state index is 14.1. The normalized spacial score (nSPS) is 19.8. The molecule has 1 aliphatic carbocycles. The van der Waals surface area contributed by atoms with Crippen LogP contribution in [0.15, 0.2) is 30.6 Å². The first kappa shape index (κ1) is 20.3. The lowest BCUT2D eigenvalue weighted by molar-refractivity contribution is -0.140. The summed E-state index contributed by atoms with van der Waals surface area (Å²) in [6.45, 7) is 0. The highest BCUT2D eigenvalue weighted by Gasteiger charge is 2.35. The fourth-order valence-corrected chi connectivity index (χ4v) is 3.76. The van der Waals surface area contributed by atoms with Crippen molar-refractivity contribution in [1.82, 2.24) is 15.2 Å². The molecule has 0 bridgehead atoms. The van der Waals surface area contributed by atoms with Gasteiger partial charge in [-0.05, 0) is 43.9 Å². The fourth-order valence-electron chi connectivity index (χ4n) is 3.76. The highest BCUT2D eigenvalue weighted by Crippen LogP contribution is 2.40. The summed E-state index contributed by atoms with van der Waals surface area (Å²) in [5, 5.41) is 32.4. The number of benzene rings is 1. The van der Waals surface area contributed by atoms with Crippen molar-refractivity contribution in [3.8, 4) is 17.0 Å². The molecule has 1 fully saturated rings. The number of halogens is 4. The van der Waals surface area contributed by atoms with Gasteiger partial charge in [0.2, 0.25) is 0 Å². The average Bonchev–Trinajstić information content (AvgIpc) is 2.69. The second kappa shape index (κ2) is 7.67. The maximum absolute atomic E-state index is 14.1. The van der Waals surface area contributed by atoms with E-state index in [0.29, 0.717) is 35.1 Å². The van der Waals surface area contributed by atoms with E-state index in [1.807, 2.05) is 0 Å². The number of hydrogen-bond acceptors (Lipinski definition) is 6. The molecule has 0 spiro atoms. The second-order valence-corrected chi connectivity index (χ2v) is 7.33. The Balaban J connectivity index is 1.78. The van der Waals surface area contributed by atoms with Crippen LogP contribution >= 0.6 is 0 Å². The van der Waals surface area contributed by atoms with Crippen LogP contribution < -0.4 is 5.32 Å². The number of hydrogen-bond donors (Lipinski definition) is 3. The van der Waals surface area contributed by atoms with Crippen molar-refractivity contribution < 1.29 is 27.8 Å². The number of rotatable bonds is 3. The van der Waals surface area contributed by atoms with Gasteiger partial charge in [-0.25, -0.2) is 4.39 Å². The fraction of sp³-hybridized carbons (Fsp3) is 0.350. The highest BCUT2D eigenvalue weighted by atomic mass is 19.4. The molecule has 30 heavy (non-hydrogen) atoms. The third-order valence-electron chi connectivity index (χ3n) is 5.21. The molecule has 2 heterocycles. The van der Waals surface area contributed by atoms with E-state index in [0.717, 1.165) is 19.3 Å². The molecular weight excluding hydrogens is 404 g/mol. The van der Waals surface area contributed by atoms with E-state index >= 15 is 0 Å². The van der Waals surface area contributed by atoms with E-state index in [2.05, 4.69) is 20.5 Å². The Morgan fingerprint density at radius 3 is 2.63 bits per heavy atom. The van der Waals surface area contributed by atoms with E-state index in [1.54, 1.807) is 6.07 Å². The van der Waals surface area contributed by atoms with Crippen molar-refractivity contribution in [3.05, 3.63) is 42.0 Å². The molecule has 6 nitrogen and oxygen atoms in total. The summed E-state index contributed by atoms with van der Waals surface area (Å²) in [5.74, 6) is -1.88. The number of aliphatic hydroxyl groups is 1. The van der Waals surface area contributed by atoms with Crippen LogP contribution in [0.4, 0.5) is 23.4 Å². The number of anilines is 1. The summed E-state index contributed by atoms with van der Waals surface area (Å²) in [5.41, 5.74) is -1.73. The Labute approximate surface area is 168 Å². The minimum atomic E-state index is -4.93. The van der Waals surface area contributed by atoms with E-state index in [9.17, 15) is 27.8 Å². The van der Waals surface area contributed by atoms with Crippen LogP contribution in [0.1, 0.15) is 31.2 Å². The third kappa shape index (κ3) is 3.87. The van der Waals surface area contributed by atoms with Gasteiger partial charge in [-0.1, -0.05) is 0 Å². The number of nitrogens with one attached hydrogen (secondary N) is 1. The number of aliphatic hydroxyl groups excluding tert-OH is 1. The van der Waals surface area contributed by atoms with Crippen LogP contribution in [0.5, 0.6) is 5.75 Å². The SMILES string of the molecule is Oc1cc(C(F)(F)F)c(F)cc1-c1nnc(N[C@H]2CCC[C@H](O)C2)c2cnccc12. The molecule has 158 valence electrons. The second-order valence-electron chi connectivity index (χ2n) is 7.33. The smallest absolute Gasteiger partial charge is 0.419 e. The summed E-state index contributed by atoms with van der Waals surface area (Å²) >= 11 is 0. The third-order valence-corrected chi connectivity index (χ3v) is 5.21. The van der Waals surface area contributed by atoms with Crippen LogP contribution in [0.3, 0.4) is 0 Å². The lowest BCUT2D eigenvalue weighted by Crippen LogP contribution is -2.30. The largest absolute Gasteiger partial charge is 0.507 e. The molecule has 3 N–H and O–H groups in total. The van der Waals surface area contributed by atoms with Gasteiger partial charge in [-0.15, -0.1) is 10.2 Å². The summed E-state index contributed by atoms with van der Waals surface area (Å²) in [4.78, 5) is 4.06. The number of alkyl halides is 3. The molecular formula is C20H18F4N4O2. The van der Waals surface area contributed by atoms with E-state index < -0.39 is 29.4 Å². The van der Waals surface area contributed by atoms with Gasteiger partial charge in [-0.2, -0.15) is 13.2 Å². The van der Waals surface area contributed by atoms with E-state index in [4.69, 9.17) is 0 Å². The number of pyridine rings is 1. The molecule has 1 aliphatic rings. The van der Waals surface area contributed by atoms with E-state index in [1.165, 1.54) is 12.4 Å². The molecule has 0 amide bonds. The maximum Gasteiger partial charge on any atom is 0.419 e. The van der Waals surface area contributed by atoms with Crippen molar-refractivity contribution in [2.45, 2.75) is 44.0 Å². The average molecular weight is 422 g/mol. The van der Waals surface area contributed by atoms with Gasteiger partial charge < -0.3 is 15.5 Å². The lowest BCUT2D eigenvalue weighted by atomic mass is 9.93. The molecule has 2 atom stereocenters. The minimum Gasteiger partial charge on any atom is -0.507 e. The highest BCUT2D eigenvalue weighted by molar-refractivity contribution is 6.00. The first-order valence-electron chi connectivity index (χ1n) is 9.39. The van der Waals surface area contributed by atoms with Crippen LogP contribution in [-0.4, -0.2) is 37.5 Å². The number of aromatic nitrogens is 3. The van der Waals surface area contributed by atoms with Crippen molar-refractivity contribution in [2.24, 2.45) is 0 Å². The summed E-state index contributed by atoms with van der Waals surface area (Å²) in [6.07, 6.45) is 0.619. The summed E-state index contributed by atoms with van der Waals surface area (Å²) in [6, 6.07) is 2.49. The Kier molecular flexibility index (Phi) is 5.19. The van der Waals surface area contributed by atoms with Gasteiger partial charge in [0.15, 0.2) is 5.82 Å². The molecule has 1 saturated carbocycles. The Morgan fingerprint density at radius 1 is 1.10 bits per heavy atom. The molecule has 0 aliphatic heterocycles. The zero-order valence-corrected chi connectivity index (χ0v) is 15.6. The Hall–Kier alpha value is -3.01. The number of phenolic OH excluding ortho intramolecular Hbond substituents is 1.